The summed E-state index contributed by atoms with van der Waals surface area (Å²) in [5.41, 5.74) is -0.694. The molecule has 2 aliphatic rings. The first-order valence-electron chi connectivity index (χ1n) is 10.3. The third-order valence-corrected chi connectivity index (χ3v) is 4.86. The lowest BCUT2D eigenvalue weighted by molar-refractivity contribution is 0.0323. The Morgan fingerprint density at radius 2 is 0.708 bits per heavy atom. The van der Waals surface area contributed by atoms with Gasteiger partial charge in [-0.3, -0.25) is 0 Å². The van der Waals surface area contributed by atoms with Gasteiger partial charge in [-0.05, 0) is 53.4 Å². The molecule has 0 saturated heterocycles. The molecule has 24 heavy (non-hydrogen) atoms. The van der Waals surface area contributed by atoms with Crippen LogP contribution in [0.25, 0.3) is 0 Å². The highest BCUT2D eigenvalue weighted by molar-refractivity contribution is 4.74. The van der Waals surface area contributed by atoms with Crippen molar-refractivity contribution in [1.29, 1.82) is 0 Å². The first kappa shape index (κ1) is 23.9. The zero-order valence-corrected chi connectivity index (χ0v) is 16.8. The van der Waals surface area contributed by atoms with E-state index in [1.807, 2.05) is 13.8 Å². The number of aliphatic hydroxyl groups is 3. The SMILES string of the molecule is CC(C)O.CC1(O)CCCCCCC1.CC1(O)CCCCCCC1. The van der Waals surface area contributed by atoms with E-state index in [0.29, 0.717) is 0 Å². The van der Waals surface area contributed by atoms with Crippen LogP contribution in [0.3, 0.4) is 0 Å². The number of hydrogen-bond acceptors (Lipinski definition) is 3. The minimum atomic E-state index is -0.347. The molecule has 2 fully saturated rings. The minimum absolute atomic E-state index is 0.167. The van der Waals surface area contributed by atoms with Gasteiger partial charge in [-0.1, -0.05) is 64.2 Å². The monoisotopic (exact) mass is 344 g/mol. The molecule has 2 aliphatic carbocycles. The Morgan fingerprint density at radius 1 is 0.542 bits per heavy atom. The maximum Gasteiger partial charge on any atom is 0.0619 e. The summed E-state index contributed by atoms with van der Waals surface area (Å²) in [4.78, 5) is 0. The zero-order valence-electron chi connectivity index (χ0n) is 16.8. The van der Waals surface area contributed by atoms with E-state index in [9.17, 15) is 10.2 Å². The van der Waals surface area contributed by atoms with E-state index in [1.165, 1.54) is 64.2 Å². The molecule has 0 bridgehead atoms. The van der Waals surface area contributed by atoms with Crippen LogP contribution in [0.2, 0.25) is 0 Å². The van der Waals surface area contributed by atoms with Crippen LogP contribution in [0.4, 0.5) is 0 Å². The normalized spacial score (nSPS) is 24.0. The molecule has 0 radical (unpaired) electrons. The van der Waals surface area contributed by atoms with Crippen molar-refractivity contribution in [2.45, 2.75) is 135 Å². The minimum Gasteiger partial charge on any atom is -0.394 e. The Bertz CT molecular complexity index is 236. The third-order valence-electron chi connectivity index (χ3n) is 4.86. The summed E-state index contributed by atoms with van der Waals surface area (Å²) in [5, 5.41) is 27.4. The van der Waals surface area contributed by atoms with E-state index in [-0.39, 0.29) is 17.3 Å². The standard InChI is InChI=1S/2C9H18O.C3H8O/c2*1-9(10)7-5-3-2-4-6-8-9;1-3(2)4/h2*10H,2-8H2,1H3;3-4H,1-2H3. The van der Waals surface area contributed by atoms with Crippen LogP contribution in [0, 0.1) is 0 Å². The van der Waals surface area contributed by atoms with Gasteiger partial charge in [0.1, 0.15) is 0 Å². The fourth-order valence-electron chi connectivity index (χ4n) is 3.33. The van der Waals surface area contributed by atoms with Gasteiger partial charge in [-0.25, -0.2) is 0 Å². The number of aliphatic hydroxyl groups excluding tert-OH is 1. The summed E-state index contributed by atoms with van der Waals surface area (Å²) >= 11 is 0. The molecule has 3 N–H and O–H groups in total. The fraction of sp³-hybridized carbons (Fsp3) is 1.00. The smallest absolute Gasteiger partial charge is 0.0619 e. The van der Waals surface area contributed by atoms with Crippen LogP contribution in [-0.2, 0) is 0 Å². The molecule has 0 atom stereocenters. The summed E-state index contributed by atoms with van der Waals surface area (Å²) in [6.07, 6.45) is 16.7. The summed E-state index contributed by atoms with van der Waals surface area (Å²) in [6, 6.07) is 0. The molecule has 0 aromatic heterocycles. The van der Waals surface area contributed by atoms with Crippen molar-refractivity contribution in [3.8, 4) is 0 Å². The highest BCUT2D eigenvalue weighted by Gasteiger charge is 2.20. The van der Waals surface area contributed by atoms with Gasteiger partial charge in [0, 0.05) is 6.10 Å². The van der Waals surface area contributed by atoms with Crippen LogP contribution in [0.5, 0.6) is 0 Å². The fourth-order valence-corrected chi connectivity index (χ4v) is 3.33. The summed E-state index contributed by atoms with van der Waals surface area (Å²) in [6.45, 7) is 7.39. The first-order chi connectivity index (χ1) is 11.1. The maximum atomic E-state index is 9.68. The van der Waals surface area contributed by atoms with Gasteiger partial charge < -0.3 is 15.3 Å². The van der Waals surface area contributed by atoms with Gasteiger partial charge >= 0.3 is 0 Å². The second-order valence-corrected chi connectivity index (χ2v) is 8.62. The van der Waals surface area contributed by atoms with Crippen LogP contribution < -0.4 is 0 Å². The van der Waals surface area contributed by atoms with Crippen LogP contribution in [-0.4, -0.2) is 32.6 Å². The Kier molecular flexibility index (Phi) is 13.1. The number of rotatable bonds is 0. The van der Waals surface area contributed by atoms with Crippen molar-refractivity contribution in [2.24, 2.45) is 0 Å². The van der Waals surface area contributed by atoms with Gasteiger partial charge in [-0.2, -0.15) is 0 Å². The van der Waals surface area contributed by atoms with Crippen LogP contribution in [0.1, 0.15) is 118 Å². The molecular weight excluding hydrogens is 300 g/mol. The Morgan fingerprint density at radius 3 is 0.917 bits per heavy atom. The average Bonchev–Trinajstić information content (AvgIpc) is 2.40. The van der Waals surface area contributed by atoms with E-state index in [0.717, 1.165) is 25.7 Å². The van der Waals surface area contributed by atoms with Crippen molar-refractivity contribution < 1.29 is 15.3 Å². The van der Waals surface area contributed by atoms with E-state index in [4.69, 9.17) is 5.11 Å². The van der Waals surface area contributed by atoms with E-state index < -0.39 is 0 Å². The predicted octanol–water partition coefficient (Wildman–Crippen LogP) is 5.35. The molecule has 0 aliphatic heterocycles. The van der Waals surface area contributed by atoms with E-state index in [1.54, 1.807) is 13.8 Å². The van der Waals surface area contributed by atoms with Crippen LogP contribution >= 0.6 is 0 Å². The van der Waals surface area contributed by atoms with Gasteiger partial charge in [0.15, 0.2) is 0 Å². The van der Waals surface area contributed by atoms with Gasteiger partial charge in [0.05, 0.1) is 11.2 Å². The Labute approximate surface area is 150 Å². The largest absolute Gasteiger partial charge is 0.394 e. The maximum absolute atomic E-state index is 9.68. The van der Waals surface area contributed by atoms with Crippen molar-refractivity contribution in [3.05, 3.63) is 0 Å². The molecule has 0 spiro atoms. The van der Waals surface area contributed by atoms with Crippen molar-refractivity contribution in [1.82, 2.24) is 0 Å². The highest BCUT2D eigenvalue weighted by atomic mass is 16.3. The van der Waals surface area contributed by atoms with Gasteiger partial charge in [0.25, 0.3) is 0 Å². The first-order valence-corrected chi connectivity index (χ1v) is 10.3. The van der Waals surface area contributed by atoms with Gasteiger partial charge in [0.2, 0.25) is 0 Å². The van der Waals surface area contributed by atoms with Crippen molar-refractivity contribution in [2.75, 3.05) is 0 Å². The lowest BCUT2D eigenvalue weighted by Gasteiger charge is -2.25. The molecule has 0 heterocycles. The summed E-state index contributed by atoms with van der Waals surface area (Å²) < 4.78 is 0. The highest BCUT2D eigenvalue weighted by Crippen LogP contribution is 2.25. The molecule has 2 rings (SSSR count). The molecule has 3 heteroatoms. The summed E-state index contributed by atoms with van der Waals surface area (Å²) in [5.74, 6) is 0. The van der Waals surface area contributed by atoms with E-state index in [2.05, 4.69) is 0 Å². The molecule has 146 valence electrons. The molecule has 0 unspecified atom stereocenters. The summed E-state index contributed by atoms with van der Waals surface area (Å²) in [7, 11) is 0. The quantitative estimate of drug-likeness (QED) is 0.555. The van der Waals surface area contributed by atoms with Crippen LogP contribution in [0.15, 0.2) is 0 Å². The lowest BCUT2D eigenvalue weighted by Crippen LogP contribution is -2.24. The van der Waals surface area contributed by atoms with Crippen molar-refractivity contribution >= 4 is 0 Å². The van der Waals surface area contributed by atoms with Gasteiger partial charge in [-0.15, -0.1) is 0 Å². The molecule has 2 saturated carbocycles. The molecule has 0 amide bonds. The Balaban J connectivity index is 0.000000363. The second kappa shape index (κ2) is 13.1. The zero-order chi connectivity index (χ0) is 18.5. The lowest BCUT2D eigenvalue weighted by atomic mass is 9.89. The third kappa shape index (κ3) is 16.7. The molecular formula is C21H44O3. The molecule has 0 aromatic rings. The topological polar surface area (TPSA) is 60.7 Å². The van der Waals surface area contributed by atoms with Crippen molar-refractivity contribution in [3.63, 3.8) is 0 Å². The number of hydrogen-bond donors (Lipinski definition) is 3. The van der Waals surface area contributed by atoms with E-state index >= 15 is 0 Å². The molecule has 3 nitrogen and oxygen atoms in total. The average molecular weight is 345 g/mol. The second-order valence-electron chi connectivity index (χ2n) is 8.62. The predicted molar refractivity (Wildman–Crippen MR) is 103 cm³/mol. The molecule has 0 aromatic carbocycles. The Hall–Kier alpha value is -0.120.